The summed E-state index contributed by atoms with van der Waals surface area (Å²) in [6.45, 7) is 0. The first-order valence-corrected chi connectivity index (χ1v) is 3.39. The van der Waals surface area contributed by atoms with Gasteiger partial charge in [-0.05, 0) is 17.7 Å². The highest BCUT2D eigenvalue weighted by Gasteiger charge is 2.30. The first kappa shape index (κ1) is 9.57. The fourth-order valence-corrected chi connectivity index (χ4v) is 0.862. The quantitative estimate of drug-likeness (QED) is 0.411. The smallest absolute Gasteiger partial charge is 0.411 e. The molecule has 0 atom stereocenters. The first-order chi connectivity index (χ1) is 6.04. The van der Waals surface area contributed by atoms with Gasteiger partial charge in [-0.25, -0.2) is 0 Å². The molecule has 0 aromatic heterocycles. The molecule has 0 saturated heterocycles. The van der Waals surface area contributed by atoms with Gasteiger partial charge in [0, 0.05) is 0 Å². The van der Waals surface area contributed by atoms with Gasteiger partial charge in [0.15, 0.2) is 0 Å². The maximum atomic E-state index is 12.1. The fraction of sp³-hybridized carbons (Fsp3) is 0.125. The minimum atomic E-state index is -4.36. The lowest BCUT2D eigenvalue weighted by Gasteiger charge is -2.05. The molecule has 0 aliphatic carbocycles. The van der Waals surface area contributed by atoms with Crippen LogP contribution >= 0.6 is 0 Å². The Morgan fingerprint density at radius 1 is 1.31 bits per heavy atom. The monoisotopic (exact) mass is 189 g/mol. The van der Waals surface area contributed by atoms with Crippen molar-refractivity contribution in [3.8, 4) is 0 Å². The summed E-state index contributed by atoms with van der Waals surface area (Å²) in [5.74, 6) is 0. The lowest BCUT2D eigenvalue weighted by atomic mass is 10.1. The average Bonchev–Trinajstić information content (AvgIpc) is 2.04. The van der Waals surface area contributed by atoms with Crippen LogP contribution in [0.1, 0.15) is 11.1 Å². The van der Waals surface area contributed by atoms with Gasteiger partial charge in [-0.1, -0.05) is 17.3 Å². The second kappa shape index (κ2) is 3.47. The van der Waals surface area contributed by atoms with Crippen molar-refractivity contribution in [2.45, 2.75) is 6.18 Å². The molecule has 1 rings (SSSR count). The molecular formula is C8H6F3NO. The Labute approximate surface area is 72.3 Å². The van der Waals surface area contributed by atoms with Crippen LogP contribution in [0.15, 0.2) is 29.4 Å². The number of benzene rings is 1. The Morgan fingerprint density at radius 2 is 2.00 bits per heavy atom. The zero-order valence-electron chi connectivity index (χ0n) is 6.42. The van der Waals surface area contributed by atoms with Gasteiger partial charge in [0.25, 0.3) is 0 Å². The second-order valence-electron chi connectivity index (χ2n) is 2.37. The van der Waals surface area contributed by atoms with Gasteiger partial charge in [0.2, 0.25) is 0 Å². The van der Waals surface area contributed by atoms with E-state index in [0.29, 0.717) is 0 Å². The normalized spacial score (nSPS) is 12.2. The Balaban J connectivity index is 3.05. The lowest BCUT2D eigenvalue weighted by Crippen LogP contribution is -2.04. The maximum Gasteiger partial charge on any atom is 0.416 e. The topological polar surface area (TPSA) is 32.6 Å². The molecule has 0 radical (unpaired) electrons. The summed E-state index contributed by atoms with van der Waals surface area (Å²) >= 11 is 0. The molecule has 0 saturated carbocycles. The summed E-state index contributed by atoms with van der Waals surface area (Å²) in [6, 6.07) is 4.52. The second-order valence-corrected chi connectivity index (χ2v) is 2.37. The SMILES string of the molecule is O/N=C/c1cccc(C(F)(F)F)c1. The Kier molecular flexibility index (Phi) is 2.55. The molecule has 0 aliphatic heterocycles. The summed E-state index contributed by atoms with van der Waals surface area (Å²) in [7, 11) is 0. The molecule has 0 bridgehead atoms. The minimum Gasteiger partial charge on any atom is -0.411 e. The predicted molar refractivity (Wildman–Crippen MR) is 40.8 cm³/mol. The summed E-state index contributed by atoms with van der Waals surface area (Å²) in [4.78, 5) is 0. The standard InChI is InChI=1S/C8H6F3NO/c9-8(10,11)7-3-1-2-6(4-7)5-12-13/h1-5,13H/b12-5+. The van der Waals surface area contributed by atoms with E-state index in [1.165, 1.54) is 12.1 Å². The molecule has 0 amide bonds. The Hall–Kier alpha value is -1.52. The van der Waals surface area contributed by atoms with E-state index in [1.54, 1.807) is 0 Å². The molecule has 5 heteroatoms. The van der Waals surface area contributed by atoms with Crippen LogP contribution < -0.4 is 0 Å². The van der Waals surface area contributed by atoms with Crippen molar-refractivity contribution in [3.05, 3.63) is 35.4 Å². The van der Waals surface area contributed by atoms with E-state index in [4.69, 9.17) is 5.21 Å². The molecule has 13 heavy (non-hydrogen) atoms. The van der Waals surface area contributed by atoms with Crippen LogP contribution in [0.3, 0.4) is 0 Å². The Morgan fingerprint density at radius 3 is 2.54 bits per heavy atom. The molecule has 70 valence electrons. The third-order valence-electron chi connectivity index (χ3n) is 1.42. The number of alkyl halides is 3. The number of nitrogens with zero attached hydrogens (tertiary/aromatic N) is 1. The molecule has 0 fully saturated rings. The summed E-state index contributed by atoms with van der Waals surface area (Å²) in [6.07, 6.45) is -3.42. The predicted octanol–water partition coefficient (Wildman–Crippen LogP) is 2.51. The maximum absolute atomic E-state index is 12.1. The van der Waals surface area contributed by atoms with Crippen molar-refractivity contribution in [2.24, 2.45) is 5.16 Å². The van der Waals surface area contributed by atoms with E-state index >= 15 is 0 Å². The largest absolute Gasteiger partial charge is 0.416 e. The zero-order valence-corrected chi connectivity index (χ0v) is 6.42. The summed E-state index contributed by atoms with van der Waals surface area (Å²) < 4.78 is 36.3. The van der Waals surface area contributed by atoms with E-state index in [0.717, 1.165) is 18.3 Å². The van der Waals surface area contributed by atoms with E-state index in [1.807, 2.05) is 0 Å². The molecule has 0 spiro atoms. The molecule has 0 aliphatic rings. The number of hydrogen-bond acceptors (Lipinski definition) is 2. The van der Waals surface area contributed by atoms with E-state index in [2.05, 4.69) is 5.16 Å². The number of oxime groups is 1. The third kappa shape index (κ3) is 2.47. The van der Waals surface area contributed by atoms with E-state index in [-0.39, 0.29) is 5.56 Å². The molecule has 1 aromatic rings. The molecule has 1 N–H and O–H groups in total. The average molecular weight is 189 g/mol. The van der Waals surface area contributed by atoms with Crippen LogP contribution in [0, 0.1) is 0 Å². The van der Waals surface area contributed by atoms with Crippen LogP contribution in [-0.2, 0) is 6.18 Å². The highest BCUT2D eigenvalue weighted by atomic mass is 19.4. The van der Waals surface area contributed by atoms with E-state index in [9.17, 15) is 13.2 Å². The molecule has 1 aromatic carbocycles. The van der Waals surface area contributed by atoms with Crippen molar-refractivity contribution in [1.82, 2.24) is 0 Å². The van der Waals surface area contributed by atoms with Crippen molar-refractivity contribution in [3.63, 3.8) is 0 Å². The van der Waals surface area contributed by atoms with Crippen molar-refractivity contribution >= 4 is 6.21 Å². The van der Waals surface area contributed by atoms with Crippen molar-refractivity contribution in [1.29, 1.82) is 0 Å². The highest BCUT2D eigenvalue weighted by molar-refractivity contribution is 5.79. The van der Waals surface area contributed by atoms with Gasteiger partial charge in [0.05, 0.1) is 11.8 Å². The highest BCUT2D eigenvalue weighted by Crippen LogP contribution is 2.29. The van der Waals surface area contributed by atoms with Gasteiger partial charge in [-0.3, -0.25) is 0 Å². The fourth-order valence-electron chi connectivity index (χ4n) is 0.862. The Bertz CT molecular complexity index is 319. The van der Waals surface area contributed by atoms with Crippen LogP contribution in [0.25, 0.3) is 0 Å². The first-order valence-electron chi connectivity index (χ1n) is 3.39. The molecule has 2 nitrogen and oxygen atoms in total. The molecule has 0 unspecified atom stereocenters. The van der Waals surface area contributed by atoms with Gasteiger partial charge < -0.3 is 5.21 Å². The molecule has 0 heterocycles. The van der Waals surface area contributed by atoms with Crippen LogP contribution in [0.5, 0.6) is 0 Å². The summed E-state index contributed by atoms with van der Waals surface area (Å²) in [5, 5.41) is 10.7. The van der Waals surface area contributed by atoms with Crippen molar-refractivity contribution in [2.75, 3.05) is 0 Å². The van der Waals surface area contributed by atoms with Gasteiger partial charge in [0.1, 0.15) is 0 Å². The van der Waals surface area contributed by atoms with Crippen LogP contribution in [-0.4, -0.2) is 11.4 Å². The number of halogens is 3. The van der Waals surface area contributed by atoms with Crippen LogP contribution in [0.4, 0.5) is 13.2 Å². The lowest BCUT2D eigenvalue weighted by molar-refractivity contribution is -0.137. The van der Waals surface area contributed by atoms with Gasteiger partial charge in [-0.15, -0.1) is 0 Å². The number of rotatable bonds is 1. The number of hydrogen-bond donors (Lipinski definition) is 1. The van der Waals surface area contributed by atoms with Gasteiger partial charge in [-0.2, -0.15) is 13.2 Å². The van der Waals surface area contributed by atoms with Crippen LogP contribution in [0.2, 0.25) is 0 Å². The van der Waals surface area contributed by atoms with E-state index < -0.39 is 11.7 Å². The zero-order chi connectivity index (χ0) is 9.90. The summed E-state index contributed by atoms with van der Waals surface area (Å²) in [5.41, 5.74) is -0.553. The van der Waals surface area contributed by atoms with Crippen molar-refractivity contribution < 1.29 is 18.4 Å². The third-order valence-corrected chi connectivity index (χ3v) is 1.42. The molecular weight excluding hydrogens is 183 g/mol. The minimum absolute atomic E-state index is 0.206. The van der Waals surface area contributed by atoms with Gasteiger partial charge >= 0.3 is 6.18 Å².